The van der Waals surface area contributed by atoms with Gasteiger partial charge >= 0.3 is 0 Å². The van der Waals surface area contributed by atoms with Gasteiger partial charge in [-0.05, 0) is 61.9 Å². The molecule has 0 bridgehead atoms. The molecule has 0 amide bonds. The molecule has 1 aliphatic heterocycles. The van der Waals surface area contributed by atoms with Gasteiger partial charge in [-0.1, -0.05) is 71.8 Å². The van der Waals surface area contributed by atoms with Gasteiger partial charge in [-0.15, -0.1) is 0 Å². The monoisotopic (exact) mass is 456 g/mol. The Balaban J connectivity index is 1.26. The Hall–Kier alpha value is -4.11. The number of carbonyl (C=O) groups is 1. The SMILES string of the molecule is Cc1ccc(C(=O)C2CN(c3ccc(-c4cc5cc(C)ccc5n4-c4ccccc4)cc3)C2)cc1. The summed E-state index contributed by atoms with van der Waals surface area (Å²) in [4.78, 5) is 15.1. The highest BCUT2D eigenvalue weighted by molar-refractivity contribution is 5.99. The number of hydrogen-bond acceptors (Lipinski definition) is 2. The Morgan fingerprint density at radius 2 is 1.40 bits per heavy atom. The highest BCUT2D eigenvalue weighted by Gasteiger charge is 2.33. The van der Waals surface area contributed by atoms with E-state index in [1.807, 2.05) is 31.2 Å². The van der Waals surface area contributed by atoms with Gasteiger partial charge in [0, 0.05) is 35.4 Å². The summed E-state index contributed by atoms with van der Waals surface area (Å²) < 4.78 is 2.34. The molecule has 1 aromatic heterocycles. The van der Waals surface area contributed by atoms with Crippen molar-refractivity contribution >= 4 is 22.4 Å². The van der Waals surface area contributed by atoms with Gasteiger partial charge in [-0.2, -0.15) is 0 Å². The first-order chi connectivity index (χ1) is 17.1. The van der Waals surface area contributed by atoms with E-state index in [1.165, 1.54) is 39.0 Å². The molecular weight excluding hydrogens is 428 g/mol. The lowest BCUT2D eigenvalue weighted by Gasteiger charge is -2.40. The number of rotatable bonds is 5. The Morgan fingerprint density at radius 1 is 0.714 bits per heavy atom. The van der Waals surface area contributed by atoms with Crippen LogP contribution < -0.4 is 4.90 Å². The third-order valence-electron chi connectivity index (χ3n) is 7.09. The van der Waals surface area contributed by atoms with Gasteiger partial charge in [0.25, 0.3) is 0 Å². The van der Waals surface area contributed by atoms with E-state index in [1.54, 1.807) is 0 Å². The van der Waals surface area contributed by atoms with E-state index in [4.69, 9.17) is 0 Å². The first kappa shape index (κ1) is 21.4. The maximum absolute atomic E-state index is 12.8. The van der Waals surface area contributed by atoms with Gasteiger partial charge in [0.15, 0.2) is 5.78 Å². The molecule has 0 spiro atoms. The second-order valence-corrected chi connectivity index (χ2v) is 9.64. The smallest absolute Gasteiger partial charge is 0.169 e. The average molecular weight is 457 g/mol. The minimum Gasteiger partial charge on any atom is -0.370 e. The summed E-state index contributed by atoms with van der Waals surface area (Å²) in [5.74, 6) is 0.321. The number of nitrogens with zero attached hydrogens (tertiary/aromatic N) is 2. The maximum atomic E-state index is 12.8. The number of hydrogen-bond donors (Lipinski definition) is 0. The molecule has 172 valence electrons. The Morgan fingerprint density at radius 3 is 2.11 bits per heavy atom. The summed E-state index contributed by atoms with van der Waals surface area (Å²) in [7, 11) is 0. The van der Waals surface area contributed by atoms with Crippen LogP contribution in [0.3, 0.4) is 0 Å². The van der Waals surface area contributed by atoms with E-state index >= 15 is 0 Å². The zero-order valence-corrected chi connectivity index (χ0v) is 20.1. The number of ketones is 1. The van der Waals surface area contributed by atoms with Gasteiger partial charge in [0.05, 0.1) is 17.1 Å². The van der Waals surface area contributed by atoms with Crippen LogP contribution in [0.1, 0.15) is 21.5 Å². The van der Waals surface area contributed by atoms with Gasteiger partial charge < -0.3 is 9.47 Å². The second-order valence-electron chi connectivity index (χ2n) is 9.64. The van der Waals surface area contributed by atoms with Crippen LogP contribution in [0.5, 0.6) is 0 Å². The second kappa shape index (κ2) is 8.59. The molecule has 0 N–H and O–H groups in total. The highest BCUT2D eigenvalue weighted by Crippen LogP contribution is 2.34. The molecule has 0 saturated carbocycles. The van der Waals surface area contributed by atoms with Gasteiger partial charge in [-0.3, -0.25) is 4.79 Å². The van der Waals surface area contributed by atoms with Crippen LogP contribution in [0.4, 0.5) is 5.69 Å². The predicted molar refractivity (Wildman–Crippen MR) is 145 cm³/mol. The molecule has 35 heavy (non-hydrogen) atoms. The van der Waals surface area contributed by atoms with Gasteiger partial charge in [0.2, 0.25) is 0 Å². The van der Waals surface area contributed by atoms with Crippen molar-refractivity contribution in [3.05, 3.63) is 120 Å². The van der Waals surface area contributed by atoms with E-state index < -0.39 is 0 Å². The van der Waals surface area contributed by atoms with Crippen LogP contribution >= 0.6 is 0 Å². The molecule has 1 saturated heterocycles. The summed E-state index contributed by atoms with van der Waals surface area (Å²) in [6.07, 6.45) is 0. The average Bonchev–Trinajstić information content (AvgIpc) is 3.23. The van der Waals surface area contributed by atoms with E-state index in [9.17, 15) is 4.79 Å². The van der Waals surface area contributed by atoms with E-state index in [2.05, 4.69) is 95.3 Å². The number of aryl methyl sites for hydroxylation is 2. The molecule has 0 aliphatic carbocycles. The molecule has 2 heterocycles. The largest absolute Gasteiger partial charge is 0.370 e. The predicted octanol–water partition coefficient (Wildman–Crippen LogP) is 7.23. The van der Waals surface area contributed by atoms with Crippen molar-refractivity contribution in [2.24, 2.45) is 5.92 Å². The molecule has 5 aromatic rings. The fourth-order valence-electron chi connectivity index (χ4n) is 5.05. The zero-order valence-electron chi connectivity index (χ0n) is 20.1. The number of fused-ring (bicyclic) bond motifs is 1. The summed E-state index contributed by atoms with van der Waals surface area (Å²) in [5.41, 5.74) is 9.15. The highest BCUT2D eigenvalue weighted by atomic mass is 16.1. The fraction of sp³-hybridized carbons (Fsp3) is 0.156. The van der Waals surface area contributed by atoms with E-state index in [-0.39, 0.29) is 11.7 Å². The Labute approximate surface area is 206 Å². The first-order valence-corrected chi connectivity index (χ1v) is 12.2. The van der Waals surface area contributed by atoms with Crippen LogP contribution in [0.15, 0.2) is 103 Å². The quantitative estimate of drug-likeness (QED) is 0.261. The number of Topliss-reactive ketones (excluding diaryl/α,β-unsaturated/α-hetero) is 1. The van der Waals surface area contributed by atoms with E-state index in [0.717, 1.165) is 24.3 Å². The molecule has 3 nitrogen and oxygen atoms in total. The third kappa shape index (κ3) is 3.93. The number of para-hydroxylation sites is 1. The van der Waals surface area contributed by atoms with Crippen molar-refractivity contribution in [1.82, 2.24) is 4.57 Å². The van der Waals surface area contributed by atoms with Crippen molar-refractivity contribution in [3.8, 4) is 16.9 Å². The van der Waals surface area contributed by atoms with E-state index in [0.29, 0.717) is 0 Å². The molecule has 0 radical (unpaired) electrons. The lowest BCUT2D eigenvalue weighted by Crippen LogP contribution is -2.50. The standard InChI is InChI=1S/C32H28N2O/c1-22-8-11-25(12-9-22)32(35)27-20-33(21-27)28-15-13-24(14-16-28)31-19-26-18-23(2)10-17-30(26)34(31)29-6-4-3-5-7-29/h3-19,27H,20-21H2,1-2H3. The lowest BCUT2D eigenvalue weighted by atomic mass is 9.90. The fourth-order valence-corrected chi connectivity index (χ4v) is 5.05. The molecule has 4 aromatic carbocycles. The Kier molecular flexibility index (Phi) is 5.26. The first-order valence-electron chi connectivity index (χ1n) is 12.2. The van der Waals surface area contributed by atoms with Gasteiger partial charge in [-0.25, -0.2) is 0 Å². The zero-order chi connectivity index (χ0) is 23.9. The maximum Gasteiger partial charge on any atom is 0.169 e. The minimum absolute atomic E-state index is 0.0706. The summed E-state index contributed by atoms with van der Waals surface area (Å²) in [5, 5.41) is 1.24. The summed E-state index contributed by atoms with van der Waals surface area (Å²) >= 11 is 0. The molecule has 0 atom stereocenters. The summed E-state index contributed by atoms with van der Waals surface area (Å²) in [6.45, 7) is 5.73. The number of anilines is 1. The Bertz CT molecular complexity index is 1510. The van der Waals surface area contributed by atoms with Crippen molar-refractivity contribution in [1.29, 1.82) is 0 Å². The van der Waals surface area contributed by atoms with Crippen molar-refractivity contribution < 1.29 is 4.79 Å². The molecule has 1 aliphatic rings. The molecule has 1 fully saturated rings. The summed E-state index contributed by atoms with van der Waals surface area (Å²) in [6, 6.07) is 36.1. The van der Waals surface area contributed by atoms with Crippen LogP contribution in [-0.2, 0) is 0 Å². The molecule has 3 heteroatoms. The van der Waals surface area contributed by atoms with Crippen LogP contribution in [0, 0.1) is 19.8 Å². The number of aromatic nitrogens is 1. The third-order valence-corrected chi connectivity index (χ3v) is 7.09. The van der Waals surface area contributed by atoms with Crippen molar-refractivity contribution in [3.63, 3.8) is 0 Å². The van der Waals surface area contributed by atoms with Crippen molar-refractivity contribution in [2.45, 2.75) is 13.8 Å². The normalized spacial score (nSPS) is 13.7. The molecule has 0 unspecified atom stereocenters. The molecular formula is C32H28N2O. The molecule has 6 rings (SSSR count). The van der Waals surface area contributed by atoms with Gasteiger partial charge in [0.1, 0.15) is 0 Å². The van der Waals surface area contributed by atoms with Crippen molar-refractivity contribution in [2.75, 3.05) is 18.0 Å². The minimum atomic E-state index is 0.0706. The number of carbonyl (C=O) groups excluding carboxylic acids is 1. The number of benzene rings is 4. The lowest BCUT2D eigenvalue weighted by molar-refractivity contribution is 0.0897. The van der Waals surface area contributed by atoms with Crippen LogP contribution in [-0.4, -0.2) is 23.4 Å². The topological polar surface area (TPSA) is 25.2 Å². The van der Waals surface area contributed by atoms with Crippen LogP contribution in [0.25, 0.3) is 27.8 Å². The van der Waals surface area contributed by atoms with Crippen LogP contribution in [0.2, 0.25) is 0 Å².